The Morgan fingerprint density at radius 2 is 1.86 bits per heavy atom. The van der Waals surface area contributed by atoms with Crippen molar-refractivity contribution in [3.63, 3.8) is 0 Å². The minimum atomic E-state index is -0.405. The van der Waals surface area contributed by atoms with E-state index in [0.29, 0.717) is 38.8 Å². The number of fused-ring (bicyclic) bond motifs is 1. The number of hydrazone groups is 1. The molecule has 0 saturated heterocycles. The third-order valence-corrected chi connectivity index (χ3v) is 5.99. The van der Waals surface area contributed by atoms with E-state index < -0.39 is 5.91 Å². The lowest BCUT2D eigenvalue weighted by Gasteiger charge is -2.13. The molecule has 9 nitrogen and oxygen atoms in total. The highest BCUT2D eigenvalue weighted by Gasteiger charge is 2.15. The van der Waals surface area contributed by atoms with Gasteiger partial charge in [0.05, 0.1) is 42.8 Å². The molecule has 10 heteroatoms. The minimum Gasteiger partial charge on any atom is -0.504 e. The lowest BCUT2D eigenvalue weighted by atomic mass is 10.2. The molecule has 35 heavy (non-hydrogen) atoms. The number of phenolic OH excluding ortho intramolecular Hbond substituents is 1. The first kappa shape index (κ1) is 23.8. The number of aromatic nitrogens is 2. The molecule has 0 aliphatic carbocycles. The van der Waals surface area contributed by atoms with Crippen LogP contribution in [0.4, 0.5) is 0 Å². The zero-order chi connectivity index (χ0) is 24.8. The van der Waals surface area contributed by atoms with Gasteiger partial charge in [0.25, 0.3) is 11.5 Å². The number of rotatable bonds is 8. The number of phenols is 1. The number of hydrogen-bond acceptors (Lipinski definition) is 8. The molecule has 178 valence electrons. The summed E-state index contributed by atoms with van der Waals surface area (Å²) in [4.78, 5) is 30.3. The second-order valence-corrected chi connectivity index (χ2v) is 8.17. The number of thioether (sulfide) groups is 1. The van der Waals surface area contributed by atoms with Crippen LogP contribution in [0.5, 0.6) is 17.2 Å². The summed E-state index contributed by atoms with van der Waals surface area (Å²) in [6.07, 6.45) is 1.32. The number of nitrogens with one attached hydrogen (secondary N) is 1. The van der Waals surface area contributed by atoms with Crippen LogP contribution in [0, 0.1) is 0 Å². The third kappa shape index (κ3) is 5.28. The fourth-order valence-electron chi connectivity index (χ4n) is 3.31. The van der Waals surface area contributed by atoms with E-state index in [-0.39, 0.29) is 17.1 Å². The van der Waals surface area contributed by atoms with E-state index in [9.17, 15) is 14.7 Å². The summed E-state index contributed by atoms with van der Waals surface area (Å²) in [7, 11) is 3.01. The van der Waals surface area contributed by atoms with Gasteiger partial charge < -0.3 is 14.6 Å². The number of para-hydroxylation sites is 2. The van der Waals surface area contributed by atoms with E-state index in [1.54, 1.807) is 73.8 Å². The van der Waals surface area contributed by atoms with Crippen LogP contribution in [-0.4, -0.2) is 46.8 Å². The molecule has 0 radical (unpaired) electrons. The maximum Gasteiger partial charge on any atom is 0.266 e. The molecule has 0 aliphatic heterocycles. The van der Waals surface area contributed by atoms with Crippen molar-refractivity contribution in [1.82, 2.24) is 15.0 Å². The van der Waals surface area contributed by atoms with E-state index in [4.69, 9.17) is 9.47 Å². The number of benzene rings is 3. The van der Waals surface area contributed by atoms with E-state index >= 15 is 0 Å². The minimum absolute atomic E-state index is 0.0393. The Labute approximate surface area is 205 Å². The van der Waals surface area contributed by atoms with Crippen LogP contribution in [0.15, 0.2) is 81.8 Å². The van der Waals surface area contributed by atoms with Crippen LogP contribution in [0.1, 0.15) is 5.56 Å². The molecular weight excluding hydrogens is 468 g/mol. The number of amides is 1. The normalized spacial score (nSPS) is 11.0. The van der Waals surface area contributed by atoms with E-state index in [1.165, 1.54) is 17.9 Å². The fraction of sp³-hybridized carbons (Fsp3) is 0.120. The monoisotopic (exact) mass is 490 g/mol. The zero-order valence-corrected chi connectivity index (χ0v) is 19.8. The molecule has 0 bridgehead atoms. The first-order chi connectivity index (χ1) is 17.0. The van der Waals surface area contributed by atoms with Gasteiger partial charge in [-0.2, -0.15) is 5.10 Å². The van der Waals surface area contributed by atoms with Gasteiger partial charge in [0.1, 0.15) is 5.75 Å². The van der Waals surface area contributed by atoms with Crippen LogP contribution in [0.3, 0.4) is 0 Å². The zero-order valence-electron chi connectivity index (χ0n) is 19.0. The highest BCUT2D eigenvalue weighted by atomic mass is 32.2. The van der Waals surface area contributed by atoms with Crippen LogP contribution < -0.4 is 20.5 Å². The number of nitrogens with zero attached hydrogens (tertiary/aromatic N) is 3. The Morgan fingerprint density at radius 1 is 1.09 bits per heavy atom. The highest BCUT2D eigenvalue weighted by molar-refractivity contribution is 7.99. The quantitative estimate of drug-likeness (QED) is 0.168. The van der Waals surface area contributed by atoms with Crippen molar-refractivity contribution >= 4 is 34.8 Å². The van der Waals surface area contributed by atoms with Gasteiger partial charge in [-0.15, -0.1) is 0 Å². The molecule has 0 saturated carbocycles. The third-order valence-electron chi connectivity index (χ3n) is 5.05. The van der Waals surface area contributed by atoms with Crippen LogP contribution in [-0.2, 0) is 4.79 Å². The van der Waals surface area contributed by atoms with Crippen molar-refractivity contribution in [2.45, 2.75) is 5.16 Å². The first-order valence-corrected chi connectivity index (χ1v) is 11.5. The average molecular weight is 491 g/mol. The van der Waals surface area contributed by atoms with Gasteiger partial charge in [-0.05, 0) is 48.5 Å². The Balaban J connectivity index is 1.55. The predicted molar refractivity (Wildman–Crippen MR) is 135 cm³/mol. The summed E-state index contributed by atoms with van der Waals surface area (Å²) in [5.74, 6) is 0.435. The second-order valence-electron chi connectivity index (χ2n) is 7.23. The standard InChI is InChI=1S/C25H22N4O5S/c1-33-18-12-10-17(11-13-18)29-24(32)19-7-3-4-8-20(19)27-25(29)35-15-22(30)28-26-14-16-6-5-9-21(34-2)23(16)31/h3-14,31H,15H2,1-2H3,(H,28,30)/b26-14-. The van der Waals surface area contributed by atoms with Gasteiger partial charge in [-0.3, -0.25) is 14.2 Å². The van der Waals surface area contributed by atoms with Gasteiger partial charge in [0, 0.05) is 5.56 Å². The topological polar surface area (TPSA) is 115 Å². The number of aromatic hydroxyl groups is 1. The average Bonchev–Trinajstić information content (AvgIpc) is 2.89. The number of ether oxygens (including phenoxy) is 2. The summed E-state index contributed by atoms with van der Waals surface area (Å²) >= 11 is 1.11. The molecule has 1 aromatic heterocycles. The van der Waals surface area contributed by atoms with Crippen molar-refractivity contribution in [3.8, 4) is 22.9 Å². The Kier molecular flexibility index (Phi) is 7.32. The van der Waals surface area contributed by atoms with Gasteiger partial charge in [-0.1, -0.05) is 30.0 Å². The number of carbonyl (C=O) groups excluding carboxylic acids is 1. The molecule has 3 aromatic carbocycles. The van der Waals surface area contributed by atoms with Crippen LogP contribution >= 0.6 is 11.8 Å². The summed E-state index contributed by atoms with van der Waals surface area (Å²) < 4.78 is 11.7. The first-order valence-electron chi connectivity index (χ1n) is 10.5. The lowest BCUT2D eigenvalue weighted by Crippen LogP contribution is -2.24. The molecule has 1 heterocycles. The number of hydrogen-bond donors (Lipinski definition) is 2. The van der Waals surface area contributed by atoms with Crippen molar-refractivity contribution in [2.24, 2.45) is 5.10 Å². The Morgan fingerprint density at radius 3 is 2.60 bits per heavy atom. The Hall–Kier alpha value is -4.31. The SMILES string of the molecule is COc1ccc(-n2c(SCC(=O)N/N=C\c3cccc(OC)c3O)nc3ccccc3c2=O)cc1. The molecule has 0 atom stereocenters. The van der Waals surface area contributed by atoms with Crippen molar-refractivity contribution in [3.05, 3.63) is 82.6 Å². The summed E-state index contributed by atoms with van der Waals surface area (Å²) in [6.45, 7) is 0. The summed E-state index contributed by atoms with van der Waals surface area (Å²) in [5, 5.41) is 14.8. The smallest absolute Gasteiger partial charge is 0.266 e. The highest BCUT2D eigenvalue weighted by Crippen LogP contribution is 2.28. The molecule has 0 unspecified atom stereocenters. The van der Waals surface area contributed by atoms with Gasteiger partial charge >= 0.3 is 0 Å². The van der Waals surface area contributed by atoms with Crippen LogP contribution in [0.25, 0.3) is 16.6 Å². The molecule has 2 N–H and O–H groups in total. The van der Waals surface area contributed by atoms with Crippen molar-refractivity contribution < 1.29 is 19.4 Å². The predicted octanol–water partition coefficient (Wildman–Crippen LogP) is 3.35. The Bertz CT molecular complexity index is 1450. The second kappa shape index (κ2) is 10.7. The van der Waals surface area contributed by atoms with Gasteiger partial charge in [0.2, 0.25) is 0 Å². The van der Waals surface area contributed by atoms with E-state index in [0.717, 1.165) is 11.8 Å². The molecule has 0 spiro atoms. The van der Waals surface area contributed by atoms with Gasteiger partial charge in [0.15, 0.2) is 16.7 Å². The van der Waals surface area contributed by atoms with Crippen LogP contribution in [0.2, 0.25) is 0 Å². The van der Waals surface area contributed by atoms with Crippen molar-refractivity contribution in [2.75, 3.05) is 20.0 Å². The maximum atomic E-state index is 13.3. The fourth-order valence-corrected chi connectivity index (χ4v) is 4.12. The van der Waals surface area contributed by atoms with Gasteiger partial charge in [-0.25, -0.2) is 10.4 Å². The van der Waals surface area contributed by atoms with E-state index in [2.05, 4.69) is 15.5 Å². The van der Waals surface area contributed by atoms with Crippen molar-refractivity contribution in [1.29, 1.82) is 0 Å². The number of carbonyl (C=O) groups is 1. The summed E-state index contributed by atoms with van der Waals surface area (Å²) in [6, 6.07) is 19.0. The summed E-state index contributed by atoms with van der Waals surface area (Å²) in [5.41, 5.74) is 3.71. The molecular formula is C25H22N4O5S. The van der Waals surface area contributed by atoms with E-state index in [1.807, 2.05) is 0 Å². The molecule has 4 aromatic rings. The largest absolute Gasteiger partial charge is 0.504 e. The molecule has 1 amide bonds. The maximum absolute atomic E-state index is 13.3. The molecule has 0 aliphatic rings. The molecule has 0 fully saturated rings. The lowest BCUT2D eigenvalue weighted by molar-refractivity contribution is -0.118. The molecule has 4 rings (SSSR count). The number of methoxy groups -OCH3 is 2.